The Morgan fingerprint density at radius 1 is 1.38 bits per heavy atom. The minimum atomic E-state index is -1.03. The van der Waals surface area contributed by atoms with Crippen LogP contribution >= 0.6 is 0 Å². The lowest BCUT2D eigenvalue weighted by molar-refractivity contribution is -0.156. The maximum atomic E-state index is 13.9. The number of hydrogen-bond donors (Lipinski definition) is 1. The number of rotatable bonds is 7. The molecule has 0 heterocycles. The van der Waals surface area contributed by atoms with Crippen molar-refractivity contribution in [1.29, 1.82) is 0 Å². The predicted octanol–water partition coefficient (Wildman–Crippen LogP) is 3.06. The summed E-state index contributed by atoms with van der Waals surface area (Å²) in [5.41, 5.74) is 4.92. The Morgan fingerprint density at radius 3 is 2.57 bits per heavy atom. The molecule has 118 valence electrons. The van der Waals surface area contributed by atoms with Crippen LogP contribution in [0.25, 0.3) is 0 Å². The lowest BCUT2D eigenvalue weighted by atomic mass is 9.75. The summed E-state index contributed by atoms with van der Waals surface area (Å²) in [5.74, 6) is -1.35. The molecule has 0 saturated carbocycles. The number of carbonyl (C=O) groups is 1. The Bertz CT molecular complexity index is 491. The molecule has 0 spiro atoms. The Hall–Kier alpha value is -1.49. The number of halogens is 2. The fraction of sp³-hybridized carbons (Fsp3) is 0.562. The SMILES string of the molecule is CCOC(=O)C(CN)(Cc1cc(F)ccc1F)CC(C)C. The summed E-state index contributed by atoms with van der Waals surface area (Å²) < 4.78 is 32.3. The van der Waals surface area contributed by atoms with Crippen LogP contribution in [0.5, 0.6) is 0 Å². The van der Waals surface area contributed by atoms with Gasteiger partial charge in [0, 0.05) is 6.54 Å². The van der Waals surface area contributed by atoms with Gasteiger partial charge in [0.1, 0.15) is 11.6 Å². The molecule has 1 aromatic carbocycles. The zero-order valence-electron chi connectivity index (χ0n) is 12.8. The van der Waals surface area contributed by atoms with Gasteiger partial charge in [0.15, 0.2) is 0 Å². The van der Waals surface area contributed by atoms with Gasteiger partial charge in [-0.15, -0.1) is 0 Å². The van der Waals surface area contributed by atoms with Crippen molar-refractivity contribution in [3.8, 4) is 0 Å². The second-order valence-electron chi connectivity index (χ2n) is 5.72. The number of esters is 1. The molecule has 5 heteroatoms. The number of benzene rings is 1. The van der Waals surface area contributed by atoms with E-state index in [9.17, 15) is 13.6 Å². The summed E-state index contributed by atoms with van der Waals surface area (Å²) in [6.45, 7) is 5.86. The Balaban J connectivity index is 3.16. The molecule has 0 bridgehead atoms. The lowest BCUT2D eigenvalue weighted by Gasteiger charge is -2.32. The first-order chi connectivity index (χ1) is 9.84. The minimum absolute atomic E-state index is 0.0277. The van der Waals surface area contributed by atoms with E-state index < -0.39 is 23.0 Å². The van der Waals surface area contributed by atoms with E-state index in [4.69, 9.17) is 10.5 Å². The first-order valence-corrected chi connectivity index (χ1v) is 7.16. The maximum Gasteiger partial charge on any atom is 0.313 e. The molecule has 0 aliphatic carbocycles. The fourth-order valence-corrected chi connectivity index (χ4v) is 2.58. The zero-order valence-corrected chi connectivity index (χ0v) is 12.8. The van der Waals surface area contributed by atoms with Gasteiger partial charge in [-0.05, 0) is 49.4 Å². The molecule has 0 aliphatic heterocycles. The Morgan fingerprint density at radius 2 is 2.05 bits per heavy atom. The highest BCUT2D eigenvalue weighted by molar-refractivity contribution is 5.77. The summed E-state index contributed by atoms with van der Waals surface area (Å²) in [5, 5.41) is 0. The monoisotopic (exact) mass is 299 g/mol. The largest absolute Gasteiger partial charge is 0.466 e. The fourth-order valence-electron chi connectivity index (χ4n) is 2.58. The van der Waals surface area contributed by atoms with Gasteiger partial charge in [0.25, 0.3) is 0 Å². The van der Waals surface area contributed by atoms with Crippen LogP contribution in [0.3, 0.4) is 0 Å². The lowest BCUT2D eigenvalue weighted by Crippen LogP contribution is -2.43. The third kappa shape index (κ3) is 4.49. The quantitative estimate of drug-likeness (QED) is 0.787. The van der Waals surface area contributed by atoms with E-state index >= 15 is 0 Å². The van der Waals surface area contributed by atoms with E-state index in [1.807, 2.05) is 13.8 Å². The normalized spacial score (nSPS) is 14.0. The Labute approximate surface area is 124 Å². The second-order valence-corrected chi connectivity index (χ2v) is 5.72. The van der Waals surface area contributed by atoms with E-state index in [0.717, 1.165) is 18.2 Å². The second kappa shape index (κ2) is 7.50. The van der Waals surface area contributed by atoms with Crippen LogP contribution in [0.15, 0.2) is 18.2 Å². The van der Waals surface area contributed by atoms with Crippen molar-refractivity contribution in [3.63, 3.8) is 0 Å². The van der Waals surface area contributed by atoms with Gasteiger partial charge in [-0.1, -0.05) is 13.8 Å². The summed E-state index contributed by atoms with van der Waals surface area (Å²) in [4.78, 5) is 12.3. The average Bonchev–Trinajstić information content (AvgIpc) is 2.41. The van der Waals surface area contributed by atoms with Crippen LogP contribution in [0.1, 0.15) is 32.8 Å². The van der Waals surface area contributed by atoms with E-state index in [2.05, 4.69) is 0 Å². The topological polar surface area (TPSA) is 52.3 Å². The van der Waals surface area contributed by atoms with Crippen LogP contribution in [0.2, 0.25) is 0 Å². The molecule has 0 amide bonds. The minimum Gasteiger partial charge on any atom is -0.466 e. The maximum absolute atomic E-state index is 13.9. The standard InChI is InChI=1S/C16H23F2NO2/c1-4-21-15(20)16(10-19,8-11(2)3)9-12-7-13(17)5-6-14(12)18/h5-7,11H,4,8-10,19H2,1-3H3. The first kappa shape index (κ1) is 17.6. The molecule has 3 nitrogen and oxygen atoms in total. The summed E-state index contributed by atoms with van der Waals surface area (Å²) in [7, 11) is 0. The summed E-state index contributed by atoms with van der Waals surface area (Å²) in [6, 6.07) is 3.22. The molecular formula is C16H23F2NO2. The van der Waals surface area contributed by atoms with Gasteiger partial charge >= 0.3 is 5.97 Å². The van der Waals surface area contributed by atoms with E-state index in [1.54, 1.807) is 6.92 Å². The van der Waals surface area contributed by atoms with Gasteiger partial charge in [-0.3, -0.25) is 4.79 Å². The molecule has 0 saturated heterocycles. The van der Waals surface area contributed by atoms with Crippen molar-refractivity contribution in [1.82, 2.24) is 0 Å². The highest BCUT2D eigenvalue weighted by atomic mass is 19.1. The Kier molecular flexibility index (Phi) is 6.27. The number of ether oxygens (including phenoxy) is 1. The molecule has 0 radical (unpaired) electrons. The van der Waals surface area contributed by atoms with Crippen LogP contribution < -0.4 is 5.73 Å². The van der Waals surface area contributed by atoms with Crippen molar-refractivity contribution < 1.29 is 18.3 Å². The molecule has 1 aromatic rings. The van der Waals surface area contributed by atoms with Gasteiger partial charge in [0.2, 0.25) is 0 Å². The van der Waals surface area contributed by atoms with Gasteiger partial charge in [-0.2, -0.15) is 0 Å². The molecule has 1 unspecified atom stereocenters. The first-order valence-electron chi connectivity index (χ1n) is 7.16. The smallest absolute Gasteiger partial charge is 0.313 e. The predicted molar refractivity (Wildman–Crippen MR) is 77.6 cm³/mol. The third-order valence-electron chi connectivity index (χ3n) is 3.43. The van der Waals surface area contributed by atoms with Crippen LogP contribution in [0, 0.1) is 23.0 Å². The molecule has 0 aromatic heterocycles. The number of carbonyl (C=O) groups excluding carboxylic acids is 1. The van der Waals surface area contributed by atoms with Crippen molar-refractivity contribution in [3.05, 3.63) is 35.4 Å². The molecule has 1 rings (SSSR count). The van der Waals surface area contributed by atoms with Crippen molar-refractivity contribution >= 4 is 5.97 Å². The molecule has 1 atom stereocenters. The van der Waals surface area contributed by atoms with E-state index in [0.29, 0.717) is 6.42 Å². The van der Waals surface area contributed by atoms with Crippen LogP contribution in [0.4, 0.5) is 8.78 Å². The van der Waals surface area contributed by atoms with Crippen LogP contribution in [-0.2, 0) is 16.0 Å². The summed E-state index contributed by atoms with van der Waals surface area (Å²) >= 11 is 0. The highest BCUT2D eigenvalue weighted by Gasteiger charge is 2.40. The number of hydrogen-bond acceptors (Lipinski definition) is 3. The van der Waals surface area contributed by atoms with Crippen LogP contribution in [-0.4, -0.2) is 19.1 Å². The van der Waals surface area contributed by atoms with Crippen molar-refractivity contribution in [2.75, 3.05) is 13.2 Å². The molecule has 0 fully saturated rings. The van der Waals surface area contributed by atoms with E-state index in [1.165, 1.54) is 0 Å². The average molecular weight is 299 g/mol. The van der Waals surface area contributed by atoms with Gasteiger partial charge in [0.05, 0.1) is 12.0 Å². The van der Waals surface area contributed by atoms with Crippen molar-refractivity contribution in [2.45, 2.75) is 33.6 Å². The van der Waals surface area contributed by atoms with Gasteiger partial charge in [-0.25, -0.2) is 8.78 Å². The number of nitrogens with two attached hydrogens (primary N) is 1. The molecule has 2 N–H and O–H groups in total. The third-order valence-corrected chi connectivity index (χ3v) is 3.43. The summed E-state index contributed by atoms with van der Waals surface area (Å²) in [6.07, 6.45) is 0.488. The van der Waals surface area contributed by atoms with Gasteiger partial charge < -0.3 is 10.5 Å². The zero-order chi connectivity index (χ0) is 16.0. The molecular weight excluding hydrogens is 276 g/mol. The van der Waals surface area contributed by atoms with E-state index in [-0.39, 0.29) is 31.1 Å². The molecule has 0 aliphatic rings. The molecule has 21 heavy (non-hydrogen) atoms. The van der Waals surface area contributed by atoms with Crippen molar-refractivity contribution in [2.24, 2.45) is 17.1 Å². The highest BCUT2D eigenvalue weighted by Crippen LogP contribution is 2.32.